The highest BCUT2D eigenvalue weighted by Crippen LogP contribution is 2.37. The molecule has 3 rings (SSSR count). The molecule has 0 atom stereocenters. The predicted octanol–water partition coefficient (Wildman–Crippen LogP) is 4.07. The average molecular weight is 349 g/mol. The zero-order chi connectivity index (χ0) is 18.5. The molecule has 1 saturated heterocycles. The van der Waals surface area contributed by atoms with Crippen molar-refractivity contribution in [2.24, 2.45) is 0 Å². The smallest absolute Gasteiger partial charge is 0.398 e. The van der Waals surface area contributed by atoms with Gasteiger partial charge in [-0.3, -0.25) is 4.98 Å². The fourth-order valence-corrected chi connectivity index (χ4v) is 2.65. The molecule has 1 aromatic heterocycles. The number of rotatable bonds is 2. The maximum Gasteiger partial charge on any atom is 0.514 e. The van der Waals surface area contributed by atoms with Crippen LogP contribution in [0.1, 0.15) is 33.3 Å². The number of pyridine rings is 1. The zero-order valence-corrected chi connectivity index (χ0v) is 14.5. The third-order valence-corrected chi connectivity index (χ3v) is 4.77. The van der Waals surface area contributed by atoms with Gasteiger partial charge < -0.3 is 9.31 Å². The van der Waals surface area contributed by atoms with Crippen molar-refractivity contribution >= 4 is 12.7 Å². The maximum atomic E-state index is 13.3. The molecule has 25 heavy (non-hydrogen) atoms. The summed E-state index contributed by atoms with van der Waals surface area (Å²) in [5.41, 5.74) is -1.08. The summed E-state index contributed by atoms with van der Waals surface area (Å²) >= 11 is 0. The van der Waals surface area contributed by atoms with Crippen molar-refractivity contribution < 1.29 is 22.5 Å². The lowest BCUT2D eigenvalue weighted by Crippen LogP contribution is -2.41. The molecule has 1 fully saturated rings. The van der Waals surface area contributed by atoms with Crippen LogP contribution in [0.4, 0.5) is 13.2 Å². The first-order chi connectivity index (χ1) is 11.5. The van der Waals surface area contributed by atoms with E-state index < -0.39 is 30.1 Å². The van der Waals surface area contributed by atoms with Crippen LogP contribution in [0.25, 0.3) is 11.3 Å². The summed E-state index contributed by atoms with van der Waals surface area (Å²) in [7, 11) is -0.719. The maximum absolute atomic E-state index is 13.3. The molecule has 2 aromatic rings. The molecule has 1 aliphatic rings. The van der Waals surface area contributed by atoms with E-state index in [4.69, 9.17) is 9.31 Å². The van der Waals surface area contributed by atoms with Crippen LogP contribution in [-0.4, -0.2) is 23.3 Å². The fourth-order valence-electron chi connectivity index (χ4n) is 2.65. The molecule has 0 saturated carbocycles. The first-order valence-corrected chi connectivity index (χ1v) is 8.00. The third kappa shape index (κ3) is 3.31. The predicted molar refractivity (Wildman–Crippen MR) is 90.4 cm³/mol. The highest BCUT2D eigenvalue weighted by atomic mass is 19.4. The van der Waals surface area contributed by atoms with Gasteiger partial charge in [-0.05, 0) is 45.9 Å². The lowest BCUT2D eigenvalue weighted by molar-refractivity contribution is -0.137. The van der Waals surface area contributed by atoms with E-state index >= 15 is 0 Å². The van der Waals surface area contributed by atoms with Crippen molar-refractivity contribution in [3.05, 3.63) is 48.0 Å². The minimum Gasteiger partial charge on any atom is -0.398 e. The molecule has 0 radical (unpaired) electrons. The molecule has 1 aliphatic heterocycles. The molecule has 2 heterocycles. The van der Waals surface area contributed by atoms with Crippen LogP contribution in [0.2, 0.25) is 0 Å². The second kappa shape index (κ2) is 5.85. The summed E-state index contributed by atoms with van der Waals surface area (Å²) in [6, 6.07) is 10.3. The summed E-state index contributed by atoms with van der Waals surface area (Å²) in [6.45, 7) is 7.65. The fraction of sp³-hybridized carbons (Fsp3) is 0.389. The van der Waals surface area contributed by atoms with E-state index in [0.717, 1.165) is 6.07 Å². The van der Waals surface area contributed by atoms with Crippen molar-refractivity contribution in [1.29, 1.82) is 0 Å². The van der Waals surface area contributed by atoms with Crippen LogP contribution < -0.4 is 5.59 Å². The lowest BCUT2D eigenvalue weighted by atomic mass is 9.84. The van der Waals surface area contributed by atoms with Crippen molar-refractivity contribution in [2.45, 2.75) is 45.1 Å². The van der Waals surface area contributed by atoms with Gasteiger partial charge in [-0.25, -0.2) is 0 Å². The molecular formula is C18H19BF3NO2. The second-order valence-electron chi connectivity index (χ2n) is 7.08. The molecule has 0 spiro atoms. The summed E-state index contributed by atoms with van der Waals surface area (Å²) in [5, 5.41) is 0. The Kier molecular flexibility index (Phi) is 4.20. The minimum absolute atomic E-state index is 0.0355. The van der Waals surface area contributed by atoms with Gasteiger partial charge in [0.05, 0.1) is 28.1 Å². The highest BCUT2D eigenvalue weighted by molar-refractivity contribution is 6.61. The quantitative estimate of drug-likeness (QED) is 0.766. The number of alkyl halides is 3. The Morgan fingerprint density at radius 1 is 0.880 bits per heavy atom. The number of hydrogen-bond acceptors (Lipinski definition) is 3. The first-order valence-electron chi connectivity index (χ1n) is 8.00. The molecule has 0 amide bonds. The summed E-state index contributed by atoms with van der Waals surface area (Å²) in [4.78, 5) is 4.38. The van der Waals surface area contributed by atoms with Crippen LogP contribution in [0.5, 0.6) is 0 Å². The van der Waals surface area contributed by atoms with Crippen LogP contribution >= 0.6 is 0 Å². The van der Waals surface area contributed by atoms with Crippen molar-refractivity contribution in [3.8, 4) is 11.3 Å². The monoisotopic (exact) mass is 349 g/mol. The largest absolute Gasteiger partial charge is 0.514 e. The van der Waals surface area contributed by atoms with Gasteiger partial charge >= 0.3 is 13.3 Å². The van der Waals surface area contributed by atoms with E-state index in [0.29, 0.717) is 5.59 Å². The Labute approximate surface area is 145 Å². The van der Waals surface area contributed by atoms with Gasteiger partial charge in [0.15, 0.2) is 0 Å². The molecule has 7 heteroatoms. The second-order valence-corrected chi connectivity index (χ2v) is 7.08. The average Bonchev–Trinajstić information content (AvgIpc) is 2.75. The molecule has 0 bridgehead atoms. The van der Waals surface area contributed by atoms with Crippen LogP contribution in [0.3, 0.4) is 0 Å². The van der Waals surface area contributed by atoms with Gasteiger partial charge in [0, 0.05) is 5.56 Å². The van der Waals surface area contributed by atoms with E-state index in [2.05, 4.69) is 4.98 Å². The van der Waals surface area contributed by atoms with Gasteiger partial charge in [-0.15, -0.1) is 0 Å². The Morgan fingerprint density at radius 3 is 2.08 bits per heavy atom. The van der Waals surface area contributed by atoms with Crippen LogP contribution in [-0.2, 0) is 15.5 Å². The van der Waals surface area contributed by atoms with Crippen LogP contribution in [0, 0.1) is 0 Å². The Balaban J connectivity index is 2.00. The van der Waals surface area contributed by atoms with E-state index in [-0.39, 0.29) is 11.3 Å². The summed E-state index contributed by atoms with van der Waals surface area (Å²) in [6.07, 6.45) is -4.45. The number of halogens is 3. The van der Waals surface area contributed by atoms with Crippen molar-refractivity contribution in [2.75, 3.05) is 0 Å². The Hall–Kier alpha value is -1.86. The Morgan fingerprint density at radius 2 is 1.48 bits per heavy atom. The van der Waals surface area contributed by atoms with Gasteiger partial charge in [-0.2, -0.15) is 13.2 Å². The third-order valence-electron chi connectivity index (χ3n) is 4.77. The first kappa shape index (κ1) is 18.0. The van der Waals surface area contributed by atoms with Crippen molar-refractivity contribution in [3.63, 3.8) is 0 Å². The summed E-state index contributed by atoms with van der Waals surface area (Å²) < 4.78 is 51.6. The Bertz CT molecular complexity index is 774. The standard InChI is InChI=1S/C18H19BF3NO2/c1-16(2)17(3,4)25-19(24-16)15-11-7-10-14(23-15)12-8-5-6-9-13(12)18(20,21)22/h5-11H,1-4H3. The van der Waals surface area contributed by atoms with E-state index in [1.165, 1.54) is 12.1 Å². The number of hydrogen-bond donors (Lipinski definition) is 0. The lowest BCUT2D eigenvalue weighted by Gasteiger charge is -2.32. The highest BCUT2D eigenvalue weighted by Gasteiger charge is 2.52. The molecule has 1 aromatic carbocycles. The normalized spacial score (nSPS) is 19.2. The molecule has 132 valence electrons. The molecule has 0 unspecified atom stereocenters. The van der Waals surface area contributed by atoms with Crippen molar-refractivity contribution in [1.82, 2.24) is 4.98 Å². The molecule has 0 N–H and O–H groups in total. The SMILES string of the molecule is CC1(C)OB(c2cccc(-c3ccccc3C(F)(F)F)n2)OC1(C)C. The minimum atomic E-state index is -4.45. The summed E-state index contributed by atoms with van der Waals surface area (Å²) in [5.74, 6) is 0. The number of aromatic nitrogens is 1. The van der Waals surface area contributed by atoms with Gasteiger partial charge in [0.1, 0.15) is 0 Å². The molecule has 3 nitrogen and oxygen atoms in total. The van der Waals surface area contributed by atoms with Gasteiger partial charge in [0.25, 0.3) is 0 Å². The van der Waals surface area contributed by atoms with E-state index in [1.807, 2.05) is 27.7 Å². The van der Waals surface area contributed by atoms with Crippen LogP contribution in [0.15, 0.2) is 42.5 Å². The zero-order valence-electron chi connectivity index (χ0n) is 14.5. The van der Waals surface area contributed by atoms with E-state index in [1.54, 1.807) is 24.3 Å². The number of nitrogens with zero attached hydrogens (tertiary/aromatic N) is 1. The number of benzene rings is 1. The molecular weight excluding hydrogens is 330 g/mol. The van der Waals surface area contributed by atoms with Gasteiger partial charge in [-0.1, -0.05) is 24.3 Å². The topological polar surface area (TPSA) is 31.4 Å². The van der Waals surface area contributed by atoms with E-state index in [9.17, 15) is 13.2 Å². The molecule has 0 aliphatic carbocycles. The van der Waals surface area contributed by atoms with Gasteiger partial charge in [0.2, 0.25) is 0 Å².